The molecular weight excluding hydrogens is 2350 g/mol. The van der Waals surface area contributed by atoms with Crippen LogP contribution in [-0.4, -0.2) is 152 Å². The van der Waals surface area contributed by atoms with E-state index in [0.29, 0.717) is 36.9 Å². The summed E-state index contributed by atoms with van der Waals surface area (Å²) in [6.07, 6.45) is 8.45. The Balaban J connectivity index is -0.000000513. The minimum absolute atomic E-state index is 0. The molecule has 5 aromatic carbocycles. The molecule has 13 aromatic rings. The number of benzene rings is 5. The first-order valence-electron chi connectivity index (χ1n) is 45.8. The van der Waals surface area contributed by atoms with Crippen LogP contribution in [0.3, 0.4) is 0 Å². The van der Waals surface area contributed by atoms with Gasteiger partial charge in [-0.1, -0.05) is 135 Å². The summed E-state index contributed by atoms with van der Waals surface area (Å²) < 4.78 is 24.1. The third-order valence-corrected chi connectivity index (χ3v) is 29.6. The molecular formula is C110H148Br5ClN9NaO12S8. The van der Waals surface area contributed by atoms with E-state index in [0.717, 1.165) is 103 Å². The van der Waals surface area contributed by atoms with Crippen LogP contribution < -0.4 is 54.6 Å². The second kappa shape index (κ2) is 85.6. The zero-order valence-corrected chi connectivity index (χ0v) is 103. The average molecular weight is 2500 g/mol. The van der Waals surface area contributed by atoms with Crippen LogP contribution in [0.4, 0.5) is 5.69 Å². The average Bonchev–Trinajstić information content (AvgIpc) is 1.67. The first-order chi connectivity index (χ1) is 68.1. The summed E-state index contributed by atoms with van der Waals surface area (Å²) >= 11 is 33.3. The number of alkyl halides is 2. The molecule has 3 N–H and O–H groups in total. The molecule has 36 heteroatoms. The quantitative estimate of drug-likeness (QED) is 0.00655. The summed E-state index contributed by atoms with van der Waals surface area (Å²) in [6.45, 7) is 28.6. The number of carbonyl (C=O) groups excluding carboxylic acids is 6. The van der Waals surface area contributed by atoms with E-state index in [1.54, 1.807) is 112 Å². The van der Waals surface area contributed by atoms with Gasteiger partial charge in [0.2, 0.25) is 23.4 Å². The normalized spacial score (nSPS) is 10.6. The molecule has 0 spiro atoms. The second-order valence-electron chi connectivity index (χ2n) is 31.1. The molecule has 0 fully saturated rings. The van der Waals surface area contributed by atoms with Crippen molar-refractivity contribution in [3.63, 3.8) is 0 Å². The number of fused-ring (bicyclic) bond motifs is 4. The zero-order valence-electron chi connectivity index (χ0n) is 87.0. The molecule has 0 saturated carbocycles. The summed E-state index contributed by atoms with van der Waals surface area (Å²) in [6, 6.07) is 42.5. The second-order valence-corrected chi connectivity index (χ2v) is 40.9. The van der Waals surface area contributed by atoms with E-state index in [4.69, 9.17) is 36.3 Å². The number of nitrogens with one attached hydrogen (secondary N) is 2. The van der Waals surface area contributed by atoms with Crippen molar-refractivity contribution in [2.75, 3.05) is 80.3 Å². The van der Waals surface area contributed by atoms with Gasteiger partial charge in [-0.05, 0) is 331 Å². The fourth-order valence-corrected chi connectivity index (χ4v) is 20.8. The Morgan fingerprint density at radius 2 is 0.966 bits per heavy atom. The number of likely N-dealkylation sites (N-methyl/N-ethyl adjacent to an activating group) is 2. The summed E-state index contributed by atoms with van der Waals surface area (Å²) in [5.41, 5.74) is 15.6. The number of hydroxylamine groups is 3. The number of nitriles is 4. The van der Waals surface area contributed by atoms with E-state index >= 15 is 0 Å². The number of carbonyl (C=O) groups is 6. The number of anilines is 1. The van der Waals surface area contributed by atoms with E-state index in [-0.39, 0.29) is 117 Å². The predicted molar refractivity (Wildman–Crippen MR) is 643 cm³/mol. The largest absolute Gasteiger partial charge is 1.00 e. The van der Waals surface area contributed by atoms with Crippen LogP contribution in [0.2, 0.25) is 0 Å². The topological polar surface area (TPSA) is 298 Å². The van der Waals surface area contributed by atoms with Crippen molar-refractivity contribution in [1.29, 1.82) is 21.0 Å². The van der Waals surface area contributed by atoms with Crippen LogP contribution >= 0.6 is 178 Å². The minimum atomic E-state index is -0.555. The van der Waals surface area contributed by atoms with Crippen molar-refractivity contribution < 1.29 is 88.7 Å². The van der Waals surface area contributed by atoms with E-state index < -0.39 is 12.2 Å². The molecule has 4 unspecified atom stereocenters. The maximum atomic E-state index is 11.7. The summed E-state index contributed by atoms with van der Waals surface area (Å²) in [7, 11) is 14.2. The summed E-state index contributed by atoms with van der Waals surface area (Å²) in [5.74, 6) is 3.32. The molecule has 146 heavy (non-hydrogen) atoms. The number of aryl methyl sites for hydroxylation is 8. The van der Waals surface area contributed by atoms with Gasteiger partial charge in [0.25, 0.3) is 0 Å². The van der Waals surface area contributed by atoms with Crippen molar-refractivity contribution in [1.82, 2.24) is 20.3 Å². The van der Waals surface area contributed by atoms with Crippen LogP contribution in [0.1, 0.15) is 227 Å². The van der Waals surface area contributed by atoms with E-state index in [9.17, 15) is 44.4 Å². The number of phenols is 1. The van der Waals surface area contributed by atoms with Gasteiger partial charge >= 0.3 is 29.6 Å². The Bertz CT molecular complexity index is 5940. The van der Waals surface area contributed by atoms with Crippen molar-refractivity contribution >= 4 is 259 Å². The van der Waals surface area contributed by atoms with Gasteiger partial charge in [-0.15, -0.1) is 45.3 Å². The van der Waals surface area contributed by atoms with E-state index in [2.05, 4.69) is 215 Å². The van der Waals surface area contributed by atoms with Gasteiger partial charge in [0.15, 0.2) is 18.2 Å². The molecule has 21 nitrogen and oxygen atoms in total. The third-order valence-electron chi connectivity index (χ3n) is 20.3. The van der Waals surface area contributed by atoms with E-state index in [1.165, 1.54) is 103 Å². The summed E-state index contributed by atoms with van der Waals surface area (Å²) in [5, 5.41) is 78.7. The fraction of sp³-hybridized carbons (Fsp3) is 0.418. The molecule has 8 aromatic heterocycles. The maximum Gasteiger partial charge on any atom is 1.00 e. The number of hydrogen-bond acceptors (Lipinski definition) is 28. The first kappa shape index (κ1) is 145. The Morgan fingerprint density at radius 1 is 0.541 bits per heavy atom. The fourth-order valence-electron chi connectivity index (χ4n) is 13.6. The molecule has 13 rings (SSSR count). The predicted octanol–water partition coefficient (Wildman–Crippen LogP) is 30.7. The number of rotatable bonds is 33. The van der Waals surface area contributed by atoms with Gasteiger partial charge < -0.3 is 30.9 Å². The molecule has 4 atom stereocenters. The maximum absolute atomic E-state index is 11.7. The van der Waals surface area contributed by atoms with Crippen molar-refractivity contribution in [3.8, 4) is 47.3 Å². The number of aromatic hydroxyl groups is 1. The number of Topliss-reactive ketones (excluding diaryl/α,β-unsaturated/α-hetero) is 4. The monoisotopic (exact) mass is 2500 g/mol. The number of amides is 1. The molecule has 1 amide bonds. The van der Waals surface area contributed by atoms with Gasteiger partial charge in [0.1, 0.15) is 58.9 Å². The Hall–Kier alpha value is -6.99. The number of phenolic OH excluding ortho intramolecular Hbond substituents is 1. The number of hydrogen-bond donors (Lipinski definition) is 3. The van der Waals surface area contributed by atoms with Crippen LogP contribution in [0, 0.1) is 73.0 Å². The smallest absolute Gasteiger partial charge is 1.00 e. The molecule has 0 aliphatic rings. The third kappa shape index (κ3) is 52.8. The molecule has 796 valence electrons. The molecule has 0 aliphatic carbocycles. The molecule has 0 saturated heterocycles. The minimum Gasteiger partial charge on any atom is -1.00 e. The number of ketones is 4. The molecule has 0 bridgehead atoms. The van der Waals surface area contributed by atoms with Gasteiger partial charge in [0.05, 0.1) is 43.4 Å². The molecule has 8 heterocycles. The van der Waals surface area contributed by atoms with Crippen molar-refractivity contribution in [3.05, 3.63) is 233 Å². The summed E-state index contributed by atoms with van der Waals surface area (Å²) in [4.78, 5) is 78.5. The van der Waals surface area contributed by atoms with Crippen LogP contribution in [0.15, 0.2) is 172 Å². The molecule has 0 aliphatic heterocycles. The standard InChI is InChI=1S/C20H20N2OS.C18H25N3OS.C13H13NOS.C11H14O2S.C11H12OS.C8H9BrOS.C8H10OS.C6H13NO2.C4H3BrS.C4H7ClO.C2H2BrN.C2H7NO.3CH4.Br2.Na.H/c1-3-17-18-9-10-24-20(18)14(2)11-19(17)23-16(12-21)13-22-15-7-5-4-6-8-15;1-7-13-14-8-9-23-17(14)12(2)10-15(13)22-16(11-19)18(20(3)4)21(5)6;1-3-10-11-4-7-16-13(11)9(2)8-12(10)15-6-5-14;1-3-10(9-4-5-14-7-9)11(13)6-8(2)12;1-3-8-9-4-5-13-11(9)7(2)6-10(8)12;1-2-7(9)8(10)6-3-4-11-5-6;1-2-3-8(9)7-4-5-10-6-7;1-4-5-6(8)7(2)9-3;5-4-1-2-6-3-4;1-2-3-4(5)6;3-1-2-4;1-3-4-2;;;;1-2;;/h4-11,16,22H,3,13H2,1-2H3;8-10,16,18H,7H2,1-6H3;4,7-8H,3,6H2,1-2H3;4-5,7,10H,3,6H2,1-2H3;4-6,12H,3H2,1-2H3;3-5,7H,2H2,1H3;4-6H,2-3H2,1H3;4-5H2,1-3H3;1-3H;2-3H2,1H3;1H2;3H,1-2H3;3*1H4;;;/q;;;;;;;;;;;;;;;;+1;-1. The van der Waals surface area contributed by atoms with Crippen LogP contribution in [0.25, 0.3) is 40.3 Å². The Labute approximate surface area is 971 Å². The number of thiophene rings is 8. The van der Waals surface area contributed by atoms with Gasteiger partial charge in [0, 0.05) is 146 Å². The zero-order chi connectivity index (χ0) is 107. The Morgan fingerprint density at radius 3 is 1.31 bits per heavy atom. The van der Waals surface area contributed by atoms with E-state index in [1.807, 2.05) is 201 Å². The van der Waals surface area contributed by atoms with Gasteiger partial charge in [-0.25, -0.2) is 10.5 Å². The Kier molecular flexibility index (Phi) is 85.1. The van der Waals surface area contributed by atoms with Crippen molar-refractivity contribution in [2.24, 2.45) is 0 Å². The van der Waals surface area contributed by atoms with Gasteiger partial charge in [-0.2, -0.15) is 66.4 Å². The number of nitrogens with zero attached hydrogens (tertiary/aromatic N) is 7. The first-order valence-corrected chi connectivity index (χ1v) is 60.0. The van der Waals surface area contributed by atoms with Crippen molar-refractivity contribution in [2.45, 2.75) is 232 Å². The van der Waals surface area contributed by atoms with Gasteiger partial charge in [-0.3, -0.25) is 43.4 Å². The number of ether oxygens (including phenoxy) is 3. The van der Waals surface area contributed by atoms with Crippen LogP contribution in [0.5, 0.6) is 23.0 Å². The SMILES string of the molecule is BrBr.Brc1ccsc1.C.C.C.CCC(Br)C(=O)c1ccsc1.CCC(C(=O)CC(C)=O)c1ccsc1.CCCC(=O)Cl.CCCC(=O)N(C)OC.CCCC(=O)c1ccsc1.CCc1c(O)cc(C)c2sccc12.CCc1c(OC(C#N)C(N(C)C)N(C)C)cc(C)c2sccc12.CCc1c(OC(C#N)CNc2ccccc2)cc(C)c2sccc12.CCc1c(OCC#N)cc(C)c2sccc12.CNOC.N#CCBr.[H-].[Na+]. The molecule has 0 radical (unpaired) electrons. The van der Waals surface area contributed by atoms with Crippen LogP contribution in [-0.2, 0) is 54.5 Å². The number of halogens is 6. The number of para-hydroxylation sites is 1.